The van der Waals surface area contributed by atoms with Crippen LogP contribution < -0.4 is 5.32 Å². The Morgan fingerprint density at radius 3 is 2.40 bits per heavy atom. The first-order chi connectivity index (χ1) is 11.4. The van der Waals surface area contributed by atoms with E-state index in [4.69, 9.17) is 4.74 Å². The van der Waals surface area contributed by atoms with Crippen LogP contribution in [0.1, 0.15) is 46.5 Å². The average molecular weight is 367 g/mol. The van der Waals surface area contributed by atoms with Crippen LogP contribution in [-0.2, 0) is 23.9 Å². The first-order valence-corrected chi connectivity index (χ1v) is 8.10. The number of ketones is 1. The van der Waals surface area contributed by atoms with Gasteiger partial charge in [0.1, 0.15) is 12.2 Å². The van der Waals surface area contributed by atoms with Gasteiger partial charge in [-0.05, 0) is 40.0 Å². The summed E-state index contributed by atoms with van der Waals surface area (Å²) in [7, 11) is 0. The molecule has 9 heteroatoms. The van der Waals surface area contributed by atoms with E-state index in [1.165, 1.54) is 0 Å². The van der Waals surface area contributed by atoms with Crippen molar-refractivity contribution in [2.45, 2.75) is 58.4 Å². The van der Waals surface area contributed by atoms with E-state index in [0.717, 1.165) is 0 Å². The molecule has 0 saturated carbocycles. The molecule has 0 aromatic rings. The van der Waals surface area contributed by atoms with Gasteiger partial charge >= 0.3 is 12.3 Å². The molecule has 0 radical (unpaired) electrons. The van der Waals surface area contributed by atoms with Crippen LogP contribution in [0.4, 0.5) is 13.2 Å². The van der Waals surface area contributed by atoms with Gasteiger partial charge in [0.25, 0.3) is 0 Å². The molecule has 1 heterocycles. The lowest BCUT2D eigenvalue weighted by Crippen LogP contribution is -2.30. The number of carbonyl (C=O) groups excluding carboxylic acids is 3. The first kappa shape index (κ1) is 21.4. The topological polar surface area (TPSA) is 81.7 Å². The number of amides is 1. The van der Waals surface area contributed by atoms with Crippen molar-refractivity contribution < 1.29 is 37.0 Å². The maximum atomic E-state index is 12.1. The average Bonchev–Trinajstić information content (AvgIpc) is 2.83. The molecular weight excluding hydrogens is 343 g/mol. The smallest absolute Gasteiger partial charge is 0.460 e. The third kappa shape index (κ3) is 8.85. The molecule has 6 nitrogen and oxygen atoms in total. The van der Waals surface area contributed by atoms with E-state index in [0.29, 0.717) is 13.0 Å². The Hall–Kier alpha value is -1.64. The van der Waals surface area contributed by atoms with Crippen LogP contribution >= 0.6 is 0 Å². The number of Topliss-reactive ketones (excluding diaryl/α,β-unsaturated/α-hetero) is 1. The van der Waals surface area contributed by atoms with E-state index in [1.807, 2.05) is 0 Å². The van der Waals surface area contributed by atoms with E-state index < -0.39 is 42.2 Å². The molecule has 1 N–H and O–H groups in total. The summed E-state index contributed by atoms with van der Waals surface area (Å²) in [5, 5.41) is 2.61. The molecule has 0 spiro atoms. The zero-order valence-electron chi connectivity index (χ0n) is 14.6. The fourth-order valence-corrected chi connectivity index (χ4v) is 2.58. The second-order valence-electron chi connectivity index (χ2n) is 7.04. The number of hydrogen-bond donors (Lipinski definition) is 1. The predicted molar refractivity (Wildman–Crippen MR) is 81.3 cm³/mol. The number of rotatable bonds is 8. The molecule has 0 bridgehead atoms. The van der Waals surface area contributed by atoms with Crippen molar-refractivity contribution in [3.05, 3.63) is 0 Å². The Balaban J connectivity index is 2.65. The van der Waals surface area contributed by atoms with E-state index in [9.17, 15) is 27.6 Å². The molecular formula is C16H24F3NO5. The molecule has 1 saturated heterocycles. The van der Waals surface area contributed by atoms with Crippen LogP contribution in [0.25, 0.3) is 0 Å². The minimum absolute atomic E-state index is 0.0126. The Labute approximate surface area is 144 Å². The summed E-state index contributed by atoms with van der Waals surface area (Å²) < 4.78 is 45.1. The van der Waals surface area contributed by atoms with Crippen LogP contribution in [0.2, 0.25) is 0 Å². The Morgan fingerprint density at radius 2 is 1.92 bits per heavy atom. The fourth-order valence-electron chi connectivity index (χ4n) is 2.58. The SMILES string of the molecule is CC(C)(C)OC(=O)CC[C@@H](C[C@@H]1CCNC1=O)C(=O)COC(F)(F)F. The molecule has 1 rings (SSSR count). The lowest BCUT2D eigenvalue weighted by atomic mass is 9.87. The van der Waals surface area contributed by atoms with Crippen molar-refractivity contribution in [3.8, 4) is 0 Å². The van der Waals surface area contributed by atoms with Crippen molar-refractivity contribution in [2.24, 2.45) is 11.8 Å². The van der Waals surface area contributed by atoms with Crippen molar-refractivity contribution in [3.63, 3.8) is 0 Å². The molecule has 1 aliphatic rings. The predicted octanol–water partition coefficient (Wildman–Crippen LogP) is 2.36. The number of hydrogen-bond acceptors (Lipinski definition) is 5. The number of nitrogens with one attached hydrogen (secondary N) is 1. The summed E-state index contributed by atoms with van der Waals surface area (Å²) in [6.45, 7) is 4.40. The van der Waals surface area contributed by atoms with Gasteiger partial charge in [0.2, 0.25) is 5.91 Å². The van der Waals surface area contributed by atoms with E-state index >= 15 is 0 Å². The zero-order valence-corrected chi connectivity index (χ0v) is 14.6. The van der Waals surface area contributed by atoms with Crippen molar-refractivity contribution in [1.82, 2.24) is 5.32 Å². The number of ether oxygens (including phenoxy) is 2. The van der Waals surface area contributed by atoms with E-state index in [2.05, 4.69) is 10.1 Å². The summed E-state index contributed by atoms with van der Waals surface area (Å²) >= 11 is 0. The Kier molecular flexibility index (Phi) is 7.40. The van der Waals surface area contributed by atoms with Crippen LogP contribution in [0.5, 0.6) is 0 Å². The molecule has 1 fully saturated rings. The normalized spacial score (nSPS) is 19.4. The third-order valence-electron chi connectivity index (χ3n) is 3.68. The molecule has 1 amide bonds. The highest BCUT2D eigenvalue weighted by Gasteiger charge is 2.34. The van der Waals surface area contributed by atoms with Gasteiger partial charge in [0.05, 0.1) is 0 Å². The number of alkyl halides is 3. The van der Waals surface area contributed by atoms with Crippen LogP contribution in [0, 0.1) is 11.8 Å². The summed E-state index contributed by atoms with van der Waals surface area (Å²) in [6.07, 6.45) is -4.41. The second kappa shape index (κ2) is 8.64. The van der Waals surface area contributed by atoms with Crippen LogP contribution in [0.15, 0.2) is 0 Å². The second-order valence-corrected chi connectivity index (χ2v) is 7.04. The van der Waals surface area contributed by atoms with Gasteiger partial charge in [-0.3, -0.25) is 19.1 Å². The zero-order chi connectivity index (χ0) is 19.3. The molecule has 2 atom stereocenters. The lowest BCUT2D eigenvalue weighted by molar-refractivity contribution is -0.321. The Morgan fingerprint density at radius 1 is 1.28 bits per heavy atom. The van der Waals surface area contributed by atoms with Crippen LogP contribution in [-0.4, -0.2) is 42.8 Å². The first-order valence-electron chi connectivity index (χ1n) is 8.10. The number of esters is 1. The third-order valence-corrected chi connectivity index (χ3v) is 3.68. The Bertz CT molecular complexity index is 499. The van der Waals surface area contributed by atoms with Gasteiger partial charge in [-0.2, -0.15) is 0 Å². The summed E-state index contributed by atoms with van der Waals surface area (Å²) in [5.74, 6) is -2.87. The van der Waals surface area contributed by atoms with Gasteiger partial charge in [0.15, 0.2) is 5.78 Å². The van der Waals surface area contributed by atoms with Gasteiger partial charge < -0.3 is 10.1 Å². The largest absolute Gasteiger partial charge is 0.522 e. The number of halogens is 3. The highest BCUT2D eigenvalue weighted by atomic mass is 19.4. The molecule has 144 valence electrons. The highest BCUT2D eigenvalue weighted by Crippen LogP contribution is 2.26. The number of carbonyl (C=O) groups is 3. The van der Waals surface area contributed by atoms with Crippen LogP contribution in [0.3, 0.4) is 0 Å². The van der Waals surface area contributed by atoms with Crippen molar-refractivity contribution in [2.75, 3.05) is 13.2 Å². The van der Waals surface area contributed by atoms with Crippen molar-refractivity contribution >= 4 is 17.7 Å². The van der Waals surface area contributed by atoms with Crippen molar-refractivity contribution in [1.29, 1.82) is 0 Å². The quantitative estimate of drug-likeness (QED) is 0.666. The molecule has 25 heavy (non-hydrogen) atoms. The summed E-state index contributed by atoms with van der Waals surface area (Å²) in [5.41, 5.74) is -0.693. The fraction of sp³-hybridized carbons (Fsp3) is 0.812. The van der Waals surface area contributed by atoms with Gasteiger partial charge in [-0.1, -0.05) is 0 Å². The van der Waals surface area contributed by atoms with Gasteiger partial charge in [-0.25, -0.2) is 0 Å². The minimum atomic E-state index is -4.91. The summed E-state index contributed by atoms with van der Waals surface area (Å²) in [6, 6.07) is 0. The molecule has 1 aliphatic heterocycles. The van der Waals surface area contributed by atoms with Gasteiger partial charge in [-0.15, -0.1) is 13.2 Å². The molecule has 0 aromatic carbocycles. The molecule has 0 aromatic heterocycles. The standard InChI is InChI=1S/C16H24F3NO5/c1-15(2,3)25-13(22)5-4-10(8-11-6-7-20-14(11)23)12(21)9-24-16(17,18)19/h10-11H,4-9H2,1-3H3,(H,20,23)/t10-,11-/m0/s1. The maximum absolute atomic E-state index is 12.1. The maximum Gasteiger partial charge on any atom is 0.522 e. The van der Waals surface area contributed by atoms with E-state index in [1.54, 1.807) is 20.8 Å². The molecule has 0 aliphatic carbocycles. The lowest BCUT2D eigenvalue weighted by Gasteiger charge is -2.22. The van der Waals surface area contributed by atoms with Gasteiger partial charge in [0, 0.05) is 24.8 Å². The highest BCUT2D eigenvalue weighted by molar-refractivity contribution is 5.85. The molecule has 0 unspecified atom stereocenters. The minimum Gasteiger partial charge on any atom is -0.460 e. The monoisotopic (exact) mass is 367 g/mol. The summed E-state index contributed by atoms with van der Waals surface area (Å²) in [4.78, 5) is 35.5. The van der Waals surface area contributed by atoms with E-state index in [-0.39, 0.29) is 25.2 Å².